The van der Waals surface area contributed by atoms with Crippen molar-refractivity contribution in [1.82, 2.24) is 24.9 Å². The third-order valence-electron chi connectivity index (χ3n) is 5.79. The fourth-order valence-electron chi connectivity index (χ4n) is 4.01. The zero-order valence-electron chi connectivity index (χ0n) is 18.4. The van der Waals surface area contributed by atoms with Gasteiger partial charge in [-0.15, -0.1) is 11.6 Å². The zero-order chi connectivity index (χ0) is 23.4. The third kappa shape index (κ3) is 5.60. The monoisotopic (exact) mass is 472 g/mol. The topological polar surface area (TPSA) is 85.1 Å². The van der Waals surface area contributed by atoms with Crippen LogP contribution in [0.15, 0.2) is 42.9 Å². The maximum Gasteiger partial charge on any atom is 0.242 e. The predicted molar refractivity (Wildman–Crippen MR) is 123 cm³/mol. The molecule has 1 aliphatic carbocycles. The number of alkyl halides is 1. The zero-order valence-corrected chi connectivity index (χ0v) is 19.1. The summed E-state index contributed by atoms with van der Waals surface area (Å²) in [4.78, 5) is 26.5. The fourth-order valence-corrected chi connectivity index (χ4v) is 4.16. The van der Waals surface area contributed by atoms with Gasteiger partial charge >= 0.3 is 0 Å². The molecule has 1 fully saturated rings. The number of carbonyl (C=O) groups excluding carboxylic acids is 2. The van der Waals surface area contributed by atoms with Gasteiger partial charge in [0.2, 0.25) is 11.8 Å². The molecule has 10 heteroatoms. The average molecular weight is 473 g/mol. The smallest absolute Gasteiger partial charge is 0.242 e. The Hall–Kier alpha value is -3.20. The van der Waals surface area contributed by atoms with E-state index in [1.165, 1.54) is 21.7 Å². The van der Waals surface area contributed by atoms with Gasteiger partial charge in [0.1, 0.15) is 18.2 Å². The van der Waals surface area contributed by atoms with E-state index in [9.17, 15) is 14.0 Å². The van der Waals surface area contributed by atoms with E-state index in [0.717, 1.165) is 36.9 Å². The first-order chi connectivity index (χ1) is 15.9. The molecule has 0 aliphatic heterocycles. The summed E-state index contributed by atoms with van der Waals surface area (Å²) in [7, 11) is 0. The van der Waals surface area contributed by atoms with Crippen LogP contribution in [-0.4, -0.2) is 43.3 Å². The quantitative estimate of drug-likeness (QED) is 0.509. The van der Waals surface area contributed by atoms with Crippen LogP contribution in [-0.2, 0) is 22.7 Å². The lowest BCUT2D eigenvalue weighted by Crippen LogP contribution is -2.35. The van der Waals surface area contributed by atoms with Gasteiger partial charge in [0.15, 0.2) is 0 Å². The molecule has 2 amide bonds. The van der Waals surface area contributed by atoms with Gasteiger partial charge in [-0.1, -0.05) is 12.8 Å². The van der Waals surface area contributed by atoms with E-state index in [1.807, 2.05) is 6.92 Å². The molecule has 4 rings (SSSR count). The van der Waals surface area contributed by atoms with Gasteiger partial charge in [0.05, 0.1) is 29.8 Å². The van der Waals surface area contributed by atoms with E-state index in [0.29, 0.717) is 11.4 Å². The number of benzene rings is 1. The number of hydrogen-bond acceptors (Lipinski definition) is 4. The summed E-state index contributed by atoms with van der Waals surface area (Å²) in [6.07, 6.45) is 9.33. The fraction of sp³-hybridized carbons (Fsp3) is 0.391. The number of rotatable bonds is 8. The number of carbonyl (C=O) groups is 2. The number of nitrogens with zero attached hydrogens (tertiary/aromatic N) is 5. The standard InChI is InChI=1S/C23H26ClFN6O2/c1-16-17(13-31(28-16)20-8-6-18(25)7-9-20)12-30(23(33)10-24)21-11-26-29(14-21)15-22(32)27-19-4-2-3-5-19/h6-9,11,13-14,19H,2-5,10,12,15H2,1H3,(H,27,32). The van der Waals surface area contributed by atoms with Crippen molar-refractivity contribution in [1.29, 1.82) is 0 Å². The third-order valence-corrected chi connectivity index (χ3v) is 6.02. The van der Waals surface area contributed by atoms with Gasteiger partial charge in [0.25, 0.3) is 0 Å². The SMILES string of the molecule is Cc1nn(-c2ccc(F)cc2)cc1CN(C(=O)CCl)c1cnn(CC(=O)NC2CCCC2)c1. The summed E-state index contributed by atoms with van der Waals surface area (Å²) in [5, 5.41) is 11.8. The molecule has 3 aromatic rings. The maximum absolute atomic E-state index is 13.2. The molecule has 0 spiro atoms. The van der Waals surface area contributed by atoms with Crippen molar-refractivity contribution in [2.24, 2.45) is 0 Å². The van der Waals surface area contributed by atoms with Crippen molar-refractivity contribution in [3.8, 4) is 5.69 Å². The van der Waals surface area contributed by atoms with Gasteiger partial charge in [-0.25, -0.2) is 9.07 Å². The van der Waals surface area contributed by atoms with E-state index >= 15 is 0 Å². The minimum Gasteiger partial charge on any atom is -0.352 e. The molecular weight excluding hydrogens is 447 g/mol. The summed E-state index contributed by atoms with van der Waals surface area (Å²) in [6, 6.07) is 6.24. The molecule has 1 saturated carbocycles. The van der Waals surface area contributed by atoms with Crippen LogP contribution in [0.4, 0.5) is 10.1 Å². The Labute approximate surface area is 196 Å². The molecular formula is C23H26ClFN6O2. The van der Waals surface area contributed by atoms with Crippen LogP contribution in [0, 0.1) is 12.7 Å². The first kappa shape index (κ1) is 23.0. The van der Waals surface area contributed by atoms with Crippen molar-refractivity contribution < 1.29 is 14.0 Å². The Balaban J connectivity index is 1.48. The Bertz CT molecular complexity index is 1120. The molecule has 174 valence electrons. The second-order valence-corrected chi connectivity index (χ2v) is 8.49. The van der Waals surface area contributed by atoms with Gasteiger partial charge in [-0.3, -0.25) is 14.3 Å². The van der Waals surface area contributed by atoms with Crippen molar-refractivity contribution >= 4 is 29.1 Å². The second kappa shape index (κ2) is 10.2. The van der Waals surface area contributed by atoms with E-state index in [-0.39, 0.29) is 42.6 Å². The molecule has 2 aromatic heterocycles. The summed E-state index contributed by atoms with van der Waals surface area (Å²) in [6.45, 7) is 2.16. The first-order valence-corrected chi connectivity index (χ1v) is 11.5. The number of hydrogen-bond donors (Lipinski definition) is 1. The van der Waals surface area contributed by atoms with Crippen molar-refractivity contribution in [2.75, 3.05) is 10.8 Å². The summed E-state index contributed by atoms with van der Waals surface area (Å²) in [5.41, 5.74) is 2.80. The molecule has 0 unspecified atom stereocenters. The molecule has 8 nitrogen and oxygen atoms in total. The lowest BCUT2D eigenvalue weighted by atomic mass is 10.2. The molecule has 1 N–H and O–H groups in total. The van der Waals surface area contributed by atoms with Crippen LogP contribution in [0.25, 0.3) is 5.69 Å². The van der Waals surface area contributed by atoms with Crippen molar-refractivity contribution in [3.63, 3.8) is 0 Å². The van der Waals surface area contributed by atoms with Gasteiger partial charge in [-0.05, 0) is 44.0 Å². The van der Waals surface area contributed by atoms with Crippen molar-refractivity contribution in [3.05, 3.63) is 59.9 Å². The lowest BCUT2D eigenvalue weighted by Gasteiger charge is -2.19. The Kier molecular flexibility index (Phi) is 7.08. The highest BCUT2D eigenvalue weighted by atomic mass is 35.5. The number of aromatic nitrogens is 4. The highest BCUT2D eigenvalue weighted by molar-refractivity contribution is 6.29. The molecule has 33 heavy (non-hydrogen) atoms. The van der Waals surface area contributed by atoms with Crippen LogP contribution in [0.2, 0.25) is 0 Å². The summed E-state index contributed by atoms with van der Waals surface area (Å²) < 4.78 is 16.4. The number of aryl methyl sites for hydroxylation is 1. The van der Waals surface area contributed by atoms with Gasteiger partial charge in [0, 0.05) is 24.0 Å². The molecule has 1 aliphatic rings. The molecule has 1 aromatic carbocycles. The van der Waals surface area contributed by atoms with Gasteiger partial charge < -0.3 is 10.2 Å². The largest absolute Gasteiger partial charge is 0.352 e. The van der Waals surface area contributed by atoms with E-state index in [2.05, 4.69) is 15.5 Å². The summed E-state index contributed by atoms with van der Waals surface area (Å²) >= 11 is 5.87. The van der Waals surface area contributed by atoms with Gasteiger partial charge in [-0.2, -0.15) is 10.2 Å². The highest BCUT2D eigenvalue weighted by Crippen LogP contribution is 2.21. The van der Waals surface area contributed by atoms with Crippen molar-refractivity contribution in [2.45, 2.75) is 51.7 Å². The Morgan fingerprint density at radius 2 is 1.94 bits per heavy atom. The molecule has 0 bridgehead atoms. The van der Waals surface area contributed by atoms with Crippen LogP contribution in [0.1, 0.15) is 36.9 Å². The minimum absolute atomic E-state index is 0.0843. The predicted octanol–water partition coefficient (Wildman–Crippen LogP) is 3.35. The average Bonchev–Trinajstić information content (AvgIpc) is 3.54. The highest BCUT2D eigenvalue weighted by Gasteiger charge is 2.21. The van der Waals surface area contributed by atoms with E-state index < -0.39 is 0 Å². The van der Waals surface area contributed by atoms with Crippen LogP contribution in [0.3, 0.4) is 0 Å². The second-order valence-electron chi connectivity index (χ2n) is 8.22. The Morgan fingerprint density at radius 1 is 1.21 bits per heavy atom. The minimum atomic E-state index is -0.323. The molecule has 2 heterocycles. The lowest BCUT2D eigenvalue weighted by molar-refractivity contribution is -0.122. The Morgan fingerprint density at radius 3 is 2.64 bits per heavy atom. The molecule has 0 atom stereocenters. The summed E-state index contributed by atoms with van der Waals surface area (Å²) in [5.74, 6) is -0.905. The normalized spacial score (nSPS) is 13.9. The number of halogens is 2. The molecule has 0 radical (unpaired) electrons. The number of anilines is 1. The van der Waals surface area contributed by atoms with Crippen LogP contribution >= 0.6 is 11.6 Å². The number of amides is 2. The maximum atomic E-state index is 13.2. The van der Waals surface area contributed by atoms with Crippen LogP contribution < -0.4 is 10.2 Å². The number of nitrogens with one attached hydrogen (secondary N) is 1. The molecule has 0 saturated heterocycles. The van der Waals surface area contributed by atoms with E-state index in [4.69, 9.17) is 11.6 Å². The first-order valence-electron chi connectivity index (χ1n) is 10.9. The van der Waals surface area contributed by atoms with E-state index in [1.54, 1.807) is 35.4 Å². The van der Waals surface area contributed by atoms with Crippen LogP contribution in [0.5, 0.6) is 0 Å².